The summed E-state index contributed by atoms with van der Waals surface area (Å²) in [7, 11) is 0. The van der Waals surface area contributed by atoms with Crippen LogP contribution in [0.1, 0.15) is 48.5 Å². The lowest BCUT2D eigenvalue weighted by Crippen LogP contribution is -2.30. The van der Waals surface area contributed by atoms with Gasteiger partial charge in [-0.1, -0.05) is 36.4 Å². The largest absolute Gasteiger partial charge is 0.361 e. The first-order valence-electron chi connectivity index (χ1n) is 10.2. The standard InChI is InChI=1S/C24H25N3O/c28-23(14-5-7-16-15-25-20-11-3-1-8-17(16)20)26-22-13-6-10-19-18-9-2-4-12-21(18)27-24(19)22/h1-4,8-9,11-12,15,22,25,27H,5-7,10,13-14H2,(H,26,28)/t22-/m0/s1. The monoisotopic (exact) mass is 371 g/mol. The van der Waals surface area contributed by atoms with Crippen molar-refractivity contribution in [2.24, 2.45) is 0 Å². The summed E-state index contributed by atoms with van der Waals surface area (Å²) in [6.45, 7) is 0. The van der Waals surface area contributed by atoms with Crippen LogP contribution in [0.2, 0.25) is 0 Å². The molecule has 28 heavy (non-hydrogen) atoms. The maximum atomic E-state index is 12.6. The molecule has 0 fully saturated rings. The van der Waals surface area contributed by atoms with Gasteiger partial charge in [0.1, 0.15) is 0 Å². The van der Waals surface area contributed by atoms with Crippen LogP contribution in [0.3, 0.4) is 0 Å². The molecule has 0 unspecified atom stereocenters. The van der Waals surface area contributed by atoms with Gasteiger partial charge in [0.25, 0.3) is 0 Å². The zero-order valence-electron chi connectivity index (χ0n) is 15.9. The van der Waals surface area contributed by atoms with Crippen molar-refractivity contribution in [3.8, 4) is 0 Å². The van der Waals surface area contributed by atoms with Crippen LogP contribution in [-0.4, -0.2) is 15.9 Å². The van der Waals surface area contributed by atoms with Gasteiger partial charge in [0.15, 0.2) is 0 Å². The molecular formula is C24H25N3O. The van der Waals surface area contributed by atoms with E-state index < -0.39 is 0 Å². The summed E-state index contributed by atoms with van der Waals surface area (Å²) >= 11 is 0. The Kier molecular flexibility index (Phi) is 4.40. The van der Waals surface area contributed by atoms with Gasteiger partial charge >= 0.3 is 0 Å². The molecule has 5 rings (SSSR count). The molecule has 0 saturated heterocycles. The van der Waals surface area contributed by atoms with E-state index in [1.165, 1.54) is 33.1 Å². The van der Waals surface area contributed by atoms with Crippen molar-refractivity contribution >= 4 is 27.7 Å². The van der Waals surface area contributed by atoms with Crippen LogP contribution >= 0.6 is 0 Å². The second-order valence-corrected chi connectivity index (χ2v) is 7.79. The Morgan fingerprint density at radius 2 is 1.82 bits per heavy atom. The number of nitrogens with one attached hydrogen (secondary N) is 3. The Morgan fingerprint density at radius 1 is 1.04 bits per heavy atom. The zero-order chi connectivity index (χ0) is 18.9. The molecule has 4 heteroatoms. The maximum Gasteiger partial charge on any atom is 0.220 e. The Labute approximate surface area is 164 Å². The predicted molar refractivity (Wildman–Crippen MR) is 113 cm³/mol. The molecule has 2 heterocycles. The third kappa shape index (κ3) is 3.09. The van der Waals surface area contributed by atoms with Gasteiger partial charge in [0.2, 0.25) is 5.91 Å². The van der Waals surface area contributed by atoms with Gasteiger partial charge in [-0.2, -0.15) is 0 Å². The topological polar surface area (TPSA) is 60.7 Å². The normalized spacial score (nSPS) is 16.4. The van der Waals surface area contributed by atoms with Crippen LogP contribution < -0.4 is 5.32 Å². The van der Waals surface area contributed by atoms with E-state index in [0.29, 0.717) is 6.42 Å². The third-order valence-electron chi connectivity index (χ3n) is 5.97. The number of fused-ring (bicyclic) bond motifs is 4. The van der Waals surface area contributed by atoms with Crippen molar-refractivity contribution in [1.29, 1.82) is 0 Å². The predicted octanol–water partition coefficient (Wildman–Crippen LogP) is 5.17. The number of hydrogen-bond acceptors (Lipinski definition) is 1. The zero-order valence-corrected chi connectivity index (χ0v) is 15.9. The Balaban J connectivity index is 1.23. The quantitative estimate of drug-likeness (QED) is 0.445. The highest BCUT2D eigenvalue weighted by atomic mass is 16.1. The molecule has 4 nitrogen and oxygen atoms in total. The van der Waals surface area contributed by atoms with Crippen LogP contribution in [-0.2, 0) is 17.6 Å². The van der Waals surface area contributed by atoms with Crippen molar-refractivity contribution in [3.05, 3.63) is 71.5 Å². The summed E-state index contributed by atoms with van der Waals surface area (Å²) in [5.74, 6) is 0.149. The fourth-order valence-electron chi connectivity index (χ4n) is 4.60. The highest BCUT2D eigenvalue weighted by Crippen LogP contribution is 2.34. The molecule has 4 aromatic rings. The number of aromatic amines is 2. The van der Waals surface area contributed by atoms with Gasteiger partial charge in [-0.25, -0.2) is 0 Å². The maximum absolute atomic E-state index is 12.6. The minimum absolute atomic E-state index is 0.108. The van der Waals surface area contributed by atoms with Gasteiger partial charge in [0.05, 0.1) is 6.04 Å². The molecule has 2 aromatic heterocycles. The summed E-state index contributed by atoms with van der Waals surface area (Å²) in [6.07, 6.45) is 7.63. The van der Waals surface area contributed by atoms with Gasteiger partial charge in [0, 0.05) is 40.1 Å². The Morgan fingerprint density at radius 3 is 2.71 bits per heavy atom. The van der Waals surface area contributed by atoms with Crippen molar-refractivity contribution < 1.29 is 4.79 Å². The second kappa shape index (κ2) is 7.19. The second-order valence-electron chi connectivity index (χ2n) is 7.79. The first kappa shape index (κ1) is 17.1. The molecule has 2 aromatic carbocycles. The fraction of sp³-hybridized carbons (Fsp3) is 0.292. The van der Waals surface area contributed by atoms with Gasteiger partial charge in [-0.3, -0.25) is 4.79 Å². The van der Waals surface area contributed by atoms with Crippen molar-refractivity contribution in [2.45, 2.75) is 44.6 Å². The average molecular weight is 371 g/mol. The number of para-hydroxylation sites is 2. The molecule has 0 spiro atoms. The summed E-state index contributed by atoms with van der Waals surface area (Å²) in [5, 5.41) is 5.84. The number of hydrogen-bond donors (Lipinski definition) is 3. The molecule has 0 aliphatic heterocycles. The van der Waals surface area contributed by atoms with Crippen LogP contribution in [0, 0.1) is 0 Å². The molecule has 1 amide bonds. The number of H-pyrrole nitrogens is 2. The average Bonchev–Trinajstić information content (AvgIpc) is 3.30. The van der Waals surface area contributed by atoms with E-state index in [0.717, 1.165) is 37.6 Å². The van der Waals surface area contributed by atoms with E-state index in [-0.39, 0.29) is 11.9 Å². The number of aromatic nitrogens is 2. The molecule has 1 aliphatic carbocycles. The lowest BCUT2D eigenvalue weighted by atomic mass is 9.91. The number of carbonyl (C=O) groups is 1. The lowest BCUT2D eigenvalue weighted by molar-refractivity contribution is -0.122. The van der Waals surface area contributed by atoms with Gasteiger partial charge in [-0.05, 0) is 55.4 Å². The number of benzene rings is 2. The molecule has 142 valence electrons. The molecule has 0 radical (unpaired) electrons. The molecule has 0 bridgehead atoms. The Bertz CT molecular complexity index is 1140. The summed E-state index contributed by atoms with van der Waals surface area (Å²) < 4.78 is 0. The number of amides is 1. The first-order valence-corrected chi connectivity index (χ1v) is 10.2. The molecule has 1 aliphatic rings. The fourth-order valence-corrected chi connectivity index (χ4v) is 4.60. The molecule has 0 saturated carbocycles. The summed E-state index contributed by atoms with van der Waals surface area (Å²) in [5.41, 5.74) is 6.21. The van der Waals surface area contributed by atoms with Crippen LogP contribution in [0.4, 0.5) is 0 Å². The molecule has 1 atom stereocenters. The summed E-state index contributed by atoms with van der Waals surface area (Å²) in [6, 6.07) is 16.9. The number of rotatable bonds is 5. The number of carbonyl (C=O) groups excluding carboxylic acids is 1. The minimum atomic E-state index is 0.108. The van der Waals surface area contributed by atoms with Gasteiger partial charge < -0.3 is 15.3 Å². The van der Waals surface area contributed by atoms with Crippen molar-refractivity contribution in [1.82, 2.24) is 15.3 Å². The number of aryl methyl sites for hydroxylation is 2. The van der Waals surface area contributed by atoms with Crippen LogP contribution in [0.25, 0.3) is 21.8 Å². The van der Waals surface area contributed by atoms with Crippen molar-refractivity contribution in [3.63, 3.8) is 0 Å². The van der Waals surface area contributed by atoms with E-state index in [4.69, 9.17) is 0 Å². The van der Waals surface area contributed by atoms with Gasteiger partial charge in [-0.15, -0.1) is 0 Å². The Hall–Kier alpha value is -3.01. The summed E-state index contributed by atoms with van der Waals surface area (Å²) in [4.78, 5) is 19.5. The van der Waals surface area contributed by atoms with Crippen LogP contribution in [0.5, 0.6) is 0 Å². The minimum Gasteiger partial charge on any atom is -0.361 e. The molecule has 3 N–H and O–H groups in total. The SMILES string of the molecule is O=C(CCCc1c[nH]c2ccccc12)N[C@H]1CCCc2c1[nH]c1ccccc21. The first-order chi connectivity index (χ1) is 13.8. The van der Waals surface area contributed by atoms with E-state index in [2.05, 4.69) is 63.9 Å². The van der Waals surface area contributed by atoms with Crippen molar-refractivity contribution in [2.75, 3.05) is 0 Å². The highest BCUT2D eigenvalue weighted by molar-refractivity contribution is 5.86. The van der Waals surface area contributed by atoms with Crippen LogP contribution in [0.15, 0.2) is 54.7 Å². The van der Waals surface area contributed by atoms with E-state index in [1.54, 1.807) is 0 Å². The van der Waals surface area contributed by atoms with E-state index >= 15 is 0 Å². The third-order valence-corrected chi connectivity index (χ3v) is 5.97. The van der Waals surface area contributed by atoms with E-state index in [1.807, 2.05) is 6.07 Å². The van der Waals surface area contributed by atoms with E-state index in [9.17, 15) is 4.79 Å². The smallest absolute Gasteiger partial charge is 0.220 e. The molecular weight excluding hydrogens is 346 g/mol. The highest BCUT2D eigenvalue weighted by Gasteiger charge is 2.25. The lowest BCUT2D eigenvalue weighted by Gasteiger charge is -2.24.